The zero-order valence-corrected chi connectivity index (χ0v) is 11.8. The van der Waals surface area contributed by atoms with Crippen LogP contribution in [0.15, 0.2) is 24.5 Å². The van der Waals surface area contributed by atoms with Crippen molar-refractivity contribution in [1.82, 2.24) is 14.6 Å². The van der Waals surface area contributed by atoms with Crippen molar-refractivity contribution in [2.75, 3.05) is 11.6 Å². The average molecular weight is 269 g/mol. The van der Waals surface area contributed by atoms with Gasteiger partial charge in [0.1, 0.15) is 17.4 Å². The van der Waals surface area contributed by atoms with Crippen molar-refractivity contribution in [1.29, 1.82) is 0 Å². The quantitative estimate of drug-likeness (QED) is 0.716. The SMILES string of the molecule is CCC(CC)c1cccc2nc(N)c3ncn(N)c3c12. The molecule has 5 heteroatoms. The maximum absolute atomic E-state index is 6.03. The highest BCUT2D eigenvalue weighted by Gasteiger charge is 2.17. The molecule has 0 aliphatic carbocycles. The second-order valence-corrected chi connectivity index (χ2v) is 5.10. The minimum absolute atomic E-state index is 0.429. The fourth-order valence-corrected chi connectivity index (χ4v) is 2.96. The van der Waals surface area contributed by atoms with Gasteiger partial charge in [0.15, 0.2) is 5.82 Å². The molecule has 0 saturated carbocycles. The molecule has 5 nitrogen and oxygen atoms in total. The topological polar surface area (TPSA) is 82.8 Å². The molecule has 0 fully saturated rings. The van der Waals surface area contributed by atoms with E-state index < -0.39 is 0 Å². The first kappa shape index (κ1) is 12.7. The Kier molecular flexibility index (Phi) is 2.97. The van der Waals surface area contributed by atoms with Gasteiger partial charge in [0, 0.05) is 5.39 Å². The van der Waals surface area contributed by atoms with Crippen LogP contribution in [0.3, 0.4) is 0 Å². The van der Waals surface area contributed by atoms with Crippen molar-refractivity contribution in [3.05, 3.63) is 30.1 Å². The predicted octanol–water partition coefficient (Wildman–Crippen LogP) is 2.78. The van der Waals surface area contributed by atoms with Crippen LogP contribution in [-0.2, 0) is 0 Å². The highest BCUT2D eigenvalue weighted by Crippen LogP contribution is 2.34. The molecule has 2 aromatic heterocycles. The van der Waals surface area contributed by atoms with Crippen molar-refractivity contribution in [2.45, 2.75) is 32.6 Å². The lowest BCUT2D eigenvalue weighted by molar-refractivity contribution is 0.646. The Morgan fingerprint density at radius 2 is 2.00 bits per heavy atom. The van der Waals surface area contributed by atoms with Crippen LogP contribution in [0.2, 0.25) is 0 Å². The Bertz CT molecular complexity index is 771. The first-order chi connectivity index (χ1) is 9.67. The van der Waals surface area contributed by atoms with Crippen molar-refractivity contribution < 1.29 is 0 Å². The minimum Gasteiger partial charge on any atom is -0.382 e. The molecule has 1 aromatic carbocycles. The molecular weight excluding hydrogens is 250 g/mol. The van der Waals surface area contributed by atoms with E-state index in [1.165, 1.54) is 5.56 Å². The van der Waals surface area contributed by atoms with Crippen LogP contribution in [0.4, 0.5) is 5.82 Å². The predicted molar refractivity (Wildman–Crippen MR) is 82.9 cm³/mol. The average Bonchev–Trinajstić information content (AvgIpc) is 2.83. The molecule has 4 N–H and O–H groups in total. The number of fused-ring (bicyclic) bond motifs is 3. The van der Waals surface area contributed by atoms with Gasteiger partial charge < -0.3 is 11.6 Å². The zero-order valence-electron chi connectivity index (χ0n) is 11.8. The number of hydrogen-bond donors (Lipinski definition) is 2. The summed E-state index contributed by atoms with van der Waals surface area (Å²) in [6.45, 7) is 4.41. The van der Waals surface area contributed by atoms with Crippen molar-refractivity contribution in [3.8, 4) is 0 Å². The normalized spacial score (nSPS) is 11.8. The summed E-state index contributed by atoms with van der Waals surface area (Å²) in [6.07, 6.45) is 3.76. The van der Waals surface area contributed by atoms with Gasteiger partial charge in [0.25, 0.3) is 0 Å². The molecule has 0 aliphatic heterocycles. The van der Waals surface area contributed by atoms with E-state index in [0.717, 1.165) is 29.3 Å². The molecule has 0 amide bonds. The standard InChI is InChI=1S/C15H19N5/c1-3-9(4-2)10-6-5-7-11-12(10)14-13(15(16)19-11)18-8-20(14)17/h5-9H,3-4,17H2,1-2H3,(H2,16,19). The number of rotatable bonds is 3. The number of nitrogens with zero attached hydrogens (tertiary/aromatic N) is 3. The molecular formula is C15H19N5. The van der Waals surface area contributed by atoms with Crippen LogP contribution >= 0.6 is 0 Å². The van der Waals surface area contributed by atoms with Gasteiger partial charge in [-0.3, -0.25) is 0 Å². The molecule has 0 bridgehead atoms. The summed E-state index contributed by atoms with van der Waals surface area (Å²) in [6, 6.07) is 6.17. The largest absolute Gasteiger partial charge is 0.382 e. The van der Waals surface area contributed by atoms with Gasteiger partial charge in [-0.25, -0.2) is 14.6 Å². The van der Waals surface area contributed by atoms with E-state index in [2.05, 4.69) is 29.9 Å². The van der Waals surface area contributed by atoms with E-state index in [-0.39, 0.29) is 0 Å². The molecule has 0 spiro atoms. The van der Waals surface area contributed by atoms with Gasteiger partial charge in [-0.05, 0) is 30.4 Å². The van der Waals surface area contributed by atoms with E-state index in [9.17, 15) is 0 Å². The molecule has 0 aliphatic rings. The summed E-state index contributed by atoms with van der Waals surface area (Å²) < 4.78 is 1.54. The monoisotopic (exact) mass is 269 g/mol. The molecule has 0 unspecified atom stereocenters. The number of imidazole rings is 1. The lowest BCUT2D eigenvalue weighted by Gasteiger charge is -2.16. The number of hydrogen-bond acceptors (Lipinski definition) is 4. The molecule has 3 rings (SSSR count). The lowest BCUT2D eigenvalue weighted by Crippen LogP contribution is -2.08. The number of nitrogen functional groups attached to an aromatic ring is 2. The zero-order chi connectivity index (χ0) is 14.3. The third-order valence-corrected chi connectivity index (χ3v) is 4.01. The van der Waals surface area contributed by atoms with Crippen molar-refractivity contribution in [3.63, 3.8) is 0 Å². The van der Waals surface area contributed by atoms with E-state index in [4.69, 9.17) is 11.6 Å². The van der Waals surface area contributed by atoms with E-state index in [0.29, 0.717) is 17.3 Å². The number of benzene rings is 1. The van der Waals surface area contributed by atoms with E-state index in [1.54, 1.807) is 11.0 Å². The first-order valence-corrected chi connectivity index (χ1v) is 6.97. The van der Waals surface area contributed by atoms with Crippen LogP contribution in [-0.4, -0.2) is 14.6 Å². The van der Waals surface area contributed by atoms with Crippen LogP contribution in [0, 0.1) is 0 Å². The molecule has 0 atom stereocenters. The highest BCUT2D eigenvalue weighted by atomic mass is 15.3. The summed E-state index contributed by atoms with van der Waals surface area (Å²) in [7, 11) is 0. The number of aromatic nitrogens is 3. The summed E-state index contributed by atoms with van der Waals surface area (Å²) in [5, 5.41) is 1.07. The van der Waals surface area contributed by atoms with Gasteiger partial charge in [-0.15, -0.1) is 0 Å². The van der Waals surface area contributed by atoms with Crippen LogP contribution in [0.25, 0.3) is 21.9 Å². The van der Waals surface area contributed by atoms with Gasteiger partial charge in [-0.2, -0.15) is 0 Å². The number of nitrogens with two attached hydrogens (primary N) is 2. The van der Waals surface area contributed by atoms with Crippen LogP contribution in [0.1, 0.15) is 38.2 Å². The fraction of sp³-hybridized carbons (Fsp3) is 0.333. The maximum atomic E-state index is 6.03. The summed E-state index contributed by atoms with van der Waals surface area (Å²) >= 11 is 0. The van der Waals surface area contributed by atoms with Crippen molar-refractivity contribution >= 4 is 27.8 Å². The fourth-order valence-electron chi connectivity index (χ4n) is 2.96. The van der Waals surface area contributed by atoms with Gasteiger partial charge >= 0.3 is 0 Å². The molecule has 0 radical (unpaired) electrons. The van der Waals surface area contributed by atoms with Crippen LogP contribution in [0.5, 0.6) is 0 Å². The number of pyridine rings is 1. The molecule has 20 heavy (non-hydrogen) atoms. The Morgan fingerprint density at radius 1 is 1.25 bits per heavy atom. The summed E-state index contributed by atoms with van der Waals surface area (Å²) in [5.74, 6) is 6.95. The molecule has 2 heterocycles. The maximum Gasteiger partial charge on any atom is 0.152 e. The third-order valence-electron chi connectivity index (χ3n) is 4.01. The Balaban J connectivity index is 2.48. The molecule has 104 valence electrons. The Labute approximate surface area is 117 Å². The van der Waals surface area contributed by atoms with E-state index in [1.807, 2.05) is 12.1 Å². The third kappa shape index (κ3) is 1.70. The van der Waals surface area contributed by atoms with Crippen LogP contribution < -0.4 is 11.6 Å². The van der Waals surface area contributed by atoms with E-state index >= 15 is 0 Å². The van der Waals surface area contributed by atoms with Gasteiger partial charge in [0.05, 0.1) is 5.52 Å². The van der Waals surface area contributed by atoms with Gasteiger partial charge in [-0.1, -0.05) is 26.0 Å². The minimum atomic E-state index is 0.429. The lowest BCUT2D eigenvalue weighted by atomic mass is 9.90. The highest BCUT2D eigenvalue weighted by molar-refractivity contribution is 6.08. The second-order valence-electron chi connectivity index (χ2n) is 5.10. The smallest absolute Gasteiger partial charge is 0.152 e. The first-order valence-electron chi connectivity index (χ1n) is 6.97. The Hall–Kier alpha value is -2.30. The summed E-state index contributed by atoms with van der Waals surface area (Å²) in [5.41, 5.74) is 9.69. The molecule has 0 saturated heterocycles. The van der Waals surface area contributed by atoms with Crippen molar-refractivity contribution in [2.24, 2.45) is 0 Å². The Morgan fingerprint density at radius 3 is 2.70 bits per heavy atom. The summed E-state index contributed by atoms with van der Waals surface area (Å²) in [4.78, 5) is 8.75. The second kappa shape index (κ2) is 4.67. The molecule has 3 aromatic rings. The number of anilines is 1. The van der Waals surface area contributed by atoms with Gasteiger partial charge in [0.2, 0.25) is 0 Å².